The van der Waals surface area contributed by atoms with Gasteiger partial charge in [-0.15, -0.1) is 0 Å². The van der Waals surface area contributed by atoms with Crippen molar-refractivity contribution in [2.45, 2.75) is 13.0 Å². The Labute approximate surface area is 74.9 Å². The van der Waals surface area contributed by atoms with Gasteiger partial charge in [0, 0.05) is 13.0 Å². The van der Waals surface area contributed by atoms with E-state index in [1.54, 1.807) is 0 Å². The van der Waals surface area contributed by atoms with E-state index in [-0.39, 0.29) is 18.4 Å². The molecule has 1 rings (SSSR count). The van der Waals surface area contributed by atoms with Gasteiger partial charge in [0.1, 0.15) is 0 Å². The molecule has 0 aliphatic carbocycles. The molecule has 0 spiro atoms. The number of rotatable bonds is 3. The van der Waals surface area contributed by atoms with Gasteiger partial charge in [-0.2, -0.15) is 0 Å². The number of nitrogens with two attached hydrogens (primary N) is 1. The third-order valence-corrected chi connectivity index (χ3v) is 1.35. The van der Waals surface area contributed by atoms with Crippen LogP contribution >= 0.6 is 0 Å². The van der Waals surface area contributed by atoms with E-state index in [0.717, 1.165) is 13.0 Å². The largest absolute Gasteiger partial charge is 1.00 e. The molecule has 0 aromatic carbocycles. The molecule has 12 heavy (non-hydrogen) atoms. The van der Waals surface area contributed by atoms with Crippen LogP contribution in [0.3, 0.4) is 0 Å². The minimum Gasteiger partial charge on any atom is -1.00 e. The van der Waals surface area contributed by atoms with Gasteiger partial charge in [-0.1, -0.05) is 0 Å². The lowest BCUT2D eigenvalue weighted by Gasteiger charge is -1.95. The summed E-state index contributed by atoms with van der Waals surface area (Å²) in [6, 6.07) is 0. The van der Waals surface area contributed by atoms with Gasteiger partial charge in [0.25, 0.3) is 0 Å². The van der Waals surface area contributed by atoms with Crippen LogP contribution in [0.2, 0.25) is 0 Å². The number of halogens is 1. The van der Waals surface area contributed by atoms with Crippen molar-refractivity contribution in [3.05, 3.63) is 10.6 Å². The van der Waals surface area contributed by atoms with Crippen molar-refractivity contribution in [1.82, 2.24) is 9.72 Å². The van der Waals surface area contributed by atoms with Crippen LogP contribution in [0.5, 0.6) is 0 Å². The Kier molecular flexibility index (Phi) is 4.38. The first-order valence-corrected chi connectivity index (χ1v) is 3.37. The maximum absolute atomic E-state index is 10.8. The van der Waals surface area contributed by atoms with Crippen molar-refractivity contribution < 1.29 is 22.7 Å². The molecule has 5 N–H and O–H groups in total. The highest BCUT2D eigenvalue weighted by molar-refractivity contribution is 5.11. The molecule has 0 aliphatic heterocycles. The molecular formula is C5H11ClN4O2. The zero-order valence-corrected chi connectivity index (χ0v) is 7.25. The highest BCUT2D eigenvalue weighted by atomic mass is 35.5. The zero-order valence-electron chi connectivity index (χ0n) is 6.49. The second kappa shape index (κ2) is 4.78. The van der Waals surface area contributed by atoms with E-state index in [0.29, 0.717) is 6.54 Å². The minimum atomic E-state index is -0.504. The number of nitrogen functional groups attached to an aromatic ring is 1. The van der Waals surface area contributed by atoms with E-state index < -0.39 is 5.76 Å². The Morgan fingerprint density at radius 2 is 2.33 bits per heavy atom. The van der Waals surface area contributed by atoms with Crippen LogP contribution in [0, 0.1) is 0 Å². The Morgan fingerprint density at radius 3 is 2.75 bits per heavy atom. The maximum atomic E-state index is 10.8. The smallest absolute Gasteiger partial charge is 0.443 e. The van der Waals surface area contributed by atoms with E-state index in [1.807, 2.05) is 0 Å². The van der Waals surface area contributed by atoms with Crippen LogP contribution in [-0.4, -0.2) is 16.3 Å². The predicted octanol–water partition coefficient (Wildman–Crippen LogP) is -4.95. The van der Waals surface area contributed by atoms with E-state index >= 15 is 0 Å². The van der Waals surface area contributed by atoms with Gasteiger partial charge in [-0.3, -0.25) is 4.52 Å². The van der Waals surface area contributed by atoms with Gasteiger partial charge in [0.05, 0.1) is 6.54 Å². The summed E-state index contributed by atoms with van der Waals surface area (Å²) in [5.41, 5.74) is 8.96. The number of hydrogen-bond donors (Lipinski definition) is 2. The maximum Gasteiger partial charge on any atom is 0.443 e. The Balaban J connectivity index is 0.00000121. The summed E-state index contributed by atoms with van der Waals surface area (Å²) in [5, 5.41) is 3.30. The van der Waals surface area contributed by atoms with Crippen molar-refractivity contribution >= 4 is 5.95 Å². The molecule has 0 radical (unpaired) electrons. The van der Waals surface area contributed by atoms with Crippen LogP contribution in [0.4, 0.5) is 5.95 Å². The molecule has 0 aliphatic rings. The van der Waals surface area contributed by atoms with Gasteiger partial charge in [0.15, 0.2) is 0 Å². The van der Waals surface area contributed by atoms with Crippen LogP contribution < -0.4 is 29.6 Å². The van der Waals surface area contributed by atoms with Crippen molar-refractivity contribution in [1.29, 1.82) is 0 Å². The Bertz CT molecular complexity index is 281. The van der Waals surface area contributed by atoms with E-state index in [1.165, 1.54) is 4.57 Å². The molecule has 6 nitrogen and oxygen atoms in total. The number of nitrogens with zero attached hydrogens (tertiary/aromatic N) is 2. The molecule has 0 bridgehead atoms. The quantitative estimate of drug-likeness (QED) is 0.503. The lowest BCUT2D eigenvalue weighted by Crippen LogP contribution is -3.00. The highest BCUT2D eigenvalue weighted by Crippen LogP contribution is 1.92. The summed E-state index contributed by atoms with van der Waals surface area (Å²) in [5.74, 6) is -0.376. The molecule has 7 heteroatoms. The lowest BCUT2D eigenvalue weighted by molar-refractivity contribution is -0.368. The zero-order chi connectivity index (χ0) is 8.27. The highest BCUT2D eigenvalue weighted by Gasteiger charge is 2.04. The molecule has 0 saturated heterocycles. The molecule has 0 saturated carbocycles. The van der Waals surface area contributed by atoms with E-state index in [4.69, 9.17) is 5.73 Å². The van der Waals surface area contributed by atoms with Gasteiger partial charge >= 0.3 is 5.76 Å². The van der Waals surface area contributed by atoms with Crippen molar-refractivity contribution in [2.24, 2.45) is 0 Å². The fraction of sp³-hybridized carbons (Fsp3) is 0.600. The number of quaternary nitrogens is 1. The lowest BCUT2D eigenvalue weighted by atomic mass is 10.4. The topological polar surface area (TPSA) is 102 Å². The second-order valence-corrected chi connectivity index (χ2v) is 2.17. The van der Waals surface area contributed by atoms with Crippen LogP contribution in [0.1, 0.15) is 6.42 Å². The fourth-order valence-corrected chi connectivity index (χ4v) is 0.754. The summed E-state index contributed by atoms with van der Waals surface area (Å²) in [4.78, 5) is 10.8. The van der Waals surface area contributed by atoms with Gasteiger partial charge in [-0.25, -0.2) is 9.36 Å². The fourth-order valence-electron chi connectivity index (χ4n) is 0.754. The van der Waals surface area contributed by atoms with Crippen LogP contribution in [0.15, 0.2) is 9.32 Å². The summed E-state index contributed by atoms with van der Waals surface area (Å²) in [6.07, 6.45) is 0.797. The van der Waals surface area contributed by atoms with Crippen molar-refractivity contribution in [2.75, 3.05) is 12.3 Å². The Hall–Kier alpha value is -1.01. The van der Waals surface area contributed by atoms with Gasteiger partial charge < -0.3 is 23.9 Å². The molecule has 0 fully saturated rings. The van der Waals surface area contributed by atoms with E-state index in [2.05, 4.69) is 15.4 Å². The normalized spacial score (nSPS) is 9.42. The SMILES string of the molecule is Nc1noc(=O)n1CCC[NH3+].[Cl-]. The first-order chi connectivity index (χ1) is 5.25. The Morgan fingerprint density at radius 1 is 1.67 bits per heavy atom. The molecule has 1 heterocycles. The average molecular weight is 195 g/mol. The average Bonchev–Trinajstić information content (AvgIpc) is 2.29. The second-order valence-electron chi connectivity index (χ2n) is 2.17. The predicted molar refractivity (Wildman–Crippen MR) is 37.5 cm³/mol. The third kappa shape index (κ3) is 2.24. The number of aromatic nitrogens is 2. The molecular weight excluding hydrogens is 184 g/mol. The third-order valence-electron chi connectivity index (χ3n) is 1.35. The molecule has 70 valence electrons. The monoisotopic (exact) mass is 194 g/mol. The molecule has 0 unspecified atom stereocenters. The summed E-state index contributed by atoms with van der Waals surface area (Å²) >= 11 is 0. The number of hydrogen-bond acceptors (Lipinski definition) is 4. The number of anilines is 1. The standard InChI is InChI=1S/C5H10N4O2.ClH/c6-2-1-3-9-4(7)8-11-5(9)10;/h1-3,6H2,(H2,7,8);1H. The summed E-state index contributed by atoms with van der Waals surface area (Å²) < 4.78 is 5.59. The van der Waals surface area contributed by atoms with Gasteiger partial charge in [0.2, 0.25) is 5.95 Å². The molecule has 1 aromatic rings. The van der Waals surface area contributed by atoms with E-state index in [9.17, 15) is 4.79 Å². The summed E-state index contributed by atoms with van der Waals surface area (Å²) in [6.45, 7) is 1.29. The van der Waals surface area contributed by atoms with Crippen molar-refractivity contribution in [3.63, 3.8) is 0 Å². The van der Waals surface area contributed by atoms with Gasteiger partial charge in [-0.05, 0) is 5.16 Å². The molecule has 1 aromatic heterocycles. The molecule has 0 amide bonds. The van der Waals surface area contributed by atoms with Crippen LogP contribution in [-0.2, 0) is 6.54 Å². The minimum absolute atomic E-state index is 0. The first-order valence-electron chi connectivity index (χ1n) is 3.37. The van der Waals surface area contributed by atoms with Crippen LogP contribution in [0.25, 0.3) is 0 Å². The molecule has 0 atom stereocenters. The summed E-state index contributed by atoms with van der Waals surface area (Å²) in [7, 11) is 0. The van der Waals surface area contributed by atoms with Crippen molar-refractivity contribution in [3.8, 4) is 0 Å². The first kappa shape index (κ1) is 11.0.